The van der Waals surface area contributed by atoms with Gasteiger partial charge in [-0.25, -0.2) is 4.79 Å². The summed E-state index contributed by atoms with van der Waals surface area (Å²) in [5, 5.41) is 2.33. The lowest BCUT2D eigenvalue weighted by Gasteiger charge is -2.34. The molecular formula is C10H14N2O4. The van der Waals surface area contributed by atoms with E-state index in [1.165, 1.54) is 0 Å². The Kier molecular flexibility index (Phi) is 2.15. The van der Waals surface area contributed by atoms with Gasteiger partial charge in [-0.2, -0.15) is 0 Å². The maximum Gasteiger partial charge on any atom is 0.326 e. The average Bonchev–Trinajstić information content (AvgIpc) is 2.49. The Balaban J connectivity index is 1.70. The maximum atomic E-state index is 11.6. The molecular weight excluding hydrogens is 212 g/mol. The third-order valence-corrected chi connectivity index (χ3v) is 3.41. The summed E-state index contributed by atoms with van der Waals surface area (Å²) in [7, 11) is 0. The normalized spacial score (nSPS) is 42.7. The summed E-state index contributed by atoms with van der Waals surface area (Å²) in [5.74, 6) is -0.390. The molecule has 0 radical (unpaired) electrons. The van der Waals surface area contributed by atoms with Crippen LogP contribution >= 0.6 is 0 Å². The van der Waals surface area contributed by atoms with Gasteiger partial charge in [0, 0.05) is 13.0 Å². The molecule has 16 heavy (non-hydrogen) atoms. The van der Waals surface area contributed by atoms with Crippen LogP contribution in [0.5, 0.6) is 0 Å². The van der Waals surface area contributed by atoms with Gasteiger partial charge in [-0.3, -0.25) is 15.0 Å². The van der Waals surface area contributed by atoms with Gasteiger partial charge in [0.25, 0.3) is 0 Å². The summed E-state index contributed by atoms with van der Waals surface area (Å²) in [6, 6.07) is -0.352. The molecule has 0 aliphatic carbocycles. The fourth-order valence-corrected chi connectivity index (χ4v) is 2.32. The molecule has 3 rings (SSSR count). The lowest BCUT2D eigenvalue weighted by molar-refractivity contribution is -0.155. The minimum Gasteiger partial charge on any atom is -0.372 e. The van der Waals surface area contributed by atoms with Crippen molar-refractivity contribution in [3.63, 3.8) is 0 Å². The second kappa shape index (κ2) is 3.43. The van der Waals surface area contributed by atoms with Crippen molar-refractivity contribution >= 4 is 11.9 Å². The van der Waals surface area contributed by atoms with Gasteiger partial charge in [0.15, 0.2) is 0 Å². The summed E-state index contributed by atoms with van der Waals surface area (Å²) in [6.07, 6.45) is 0.725. The molecule has 3 aliphatic rings. The molecule has 0 spiro atoms. The number of rotatable bonds is 1. The molecule has 3 heterocycles. The number of hydrogen-bond acceptors (Lipinski definition) is 4. The largest absolute Gasteiger partial charge is 0.372 e. The van der Waals surface area contributed by atoms with Crippen LogP contribution in [0.4, 0.5) is 4.79 Å². The molecule has 0 aromatic carbocycles. The zero-order valence-electron chi connectivity index (χ0n) is 9.01. The fourth-order valence-electron chi connectivity index (χ4n) is 2.32. The van der Waals surface area contributed by atoms with E-state index in [4.69, 9.17) is 9.47 Å². The van der Waals surface area contributed by atoms with E-state index < -0.39 is 0 Å². The van der Waals surface area contributed by atoms with E-state index in [0.717, 1.165) is 0 Å². The summed E-state index contributed by atoms with van der Waals surface area (Å²) in [5.41, 5.74) is 0. The molecule has 1 N–H and O–H groups in total. The Morgan fingerprint density at radius 2 is 2.19 bits per heavy atom. The van der Waals surface area contributed by atoms with E-state index in [9.17, 15) is 9.59 Å². The van der Waals surface area contributed by atoms with E-state index in [-0.39, 0.29) is 36.3 Å². The van der Waals surface area contributed by atoms with Crippen LogP contribution in [0.2, 0.25) is 0 Å². The molecule has 3 aliphatic heterocycles. The molecule has 0 aromatic heterocycles. The zero-order chi connectivity index (χ0) is 11.3. The number of imide groups is 1. The molecule has 3 amide bonds. The van der Waals surface area contributed by atoms with Crippen LogP contribution in [0.25, 0.3) is 0 Å². The number of amides is 3. The molecule has 88 valence electrons. The Morgan fingerprint density at radius 1 is 1.38 bits per heavy atom. The van der Waals surface area contributed by atoms with E-state index in [1.54, 1.807) is 11.8 Å². The van der Waals surface area contributed by atoms with Crippen molar-refractivity contribution in [1.82, 2.24) is 10.2 Å². The molecule has 6 nitrogen and oxygen atoms in total. The quantitative estimate of drug-likeness (QED) is 0.666. The van der Waals surface area contributed by atoms with Crippen molar-refractivity contribution < 1.29 is 19.1 Å². The van der Waals surface area contributed by atoms with Crippen molar-refractivity contribution in [3.8, 4) is 0 Å². The van der Waals surface area contributed by atoms with Crippen LogP contribution < -0.4 is 5.32 Å². The van der Waals surface area contributed by atoms with Crippen molar-refractivity contribution in [3.05, 3.63) is 0 Å². The van der Waals surface area contributed by atoms with Crippen LogP contribution in [0.3, 0.4) is 0 Å². The minimum absolute atomic E-state index is 0.130. The lowest BCUT2D eigenvalue weighted by Crippen LogP contribution is -2.57. The van der Waals surface area contributed by atoms with Gasteiger partial charge in [-0.1, -0.05) is 6.92 Å². The average molecular weight is 226 g/mol. The van der Waals surface area contributed by atoms with Crippen LogP contribution in [-0.4, -0.2) is 48.4 Å². The summed E-state index contributed by atoms with van der Waals surface area (Å²) < 4.78 is 11.0. The fraction of sp³-hybridized carbons (Fsp3) is 0.800. The Morgan fingerprint density at radius 3 is 2.75 bits per heavy atom. The van der Waals surface area contributed by atoms with Gasteiger partial charge in [0.05, 0.1) is 18.6 Å². The highest BCUT2D eigenvalue weighted by Gasteiger charge is 2.47. The van der Waals surface area contributed by atoms with E-state index >= 15 is 0 Å². The van der Waals surface area contributed by atoms with Gasteiger partial charge in [0.2, 0.25) is 5.91 Å². The number of fused-ring (bicyclic) bond motifs is 1. The van der Waals surface area contributed by atoms with Crippen molar-refractivity contribution in [2.75, 3.05) is 13.2 Å². The minimum atomic E-state index is -0.352. The number of hydrogen-bond donors (Lipinski definition) is 1. The predicted molar refractivity (Wildman–Crippen MR) is 52.4 cm³/mol. The van der Waals surface area contributed by atoms with Crippen LogP contribution in [0, 0.1) is 5.92 Å². The van der Waals surface area contributed by atoms with Crippen molar-refractivity contribution in [1.29, 1.82) is 0 Å². The molecule has 4 atom stereocenters. The highest BCUT2D eigenvalue weighted by Crippen LogP contribution is 2.33. The maximum absolute atomic E-state index is 11.6. The lowest BCUT2D eigenvalue weighted by atomic mass is 10.1. The Bertz CT molecular complexity index is 334. The van der Waals surface area contributed by atoms with Gasteiger partial charge in [-0.15, -0.1) is 0 Å². The number of nitrogens with zero attached hydrogens (tertiary/aromatic N) is 1. The number of urea groups is 1. The number of ether oxygens (including phenoxy) is 2. The molecule has 0 unspecified atom stereocenters. The SMILES string of the molecule is C[C@H]1CN([C@@H]2C[C@H]3OC[C@@H]3O2)C(=O)NC1=O. The molecule has 6 heteroatoms. The first-order valence-electron chi connectivity index (χ1n) is 5.53. The van der Waals surface area contributed by atoms with E-state index in [2.05, 4.69) is 5.32 Å². The zero-order valence-corrected chi connectivity index (χ0v) is 9.01. The molecule has 0 aromatic rings. The molecule has 0 saturated carbocycles. The Labute approximate surface area is 92.9 Å². The molecule has 0 bridgehead atoms. The number of carbonyl (C=O) groups excluding carboxylic acids is 2. The van der Waals surface area contributed by atoms with E-state index in [1.807, 2.05) is 0 Å². The summed E-state index contributed by atoms with van der Waals surface area (Å²) in [6.45, 7) is 2.84. The number of nitrogens with one attached hydrogen (secondary N) is 1. The van der Waals surface area contributed by atoms with Crippen LogP contribution in [0.1, 0.15) is 13.3 Å². The third-order valence-electron chi connectivity index (χ3n) is 3.41. The highest BCUT2D eigenvalue weighted by molar-refractivity contribution is 5.97. The number of carbonyl (C=O) groups is 2. The standard InChI is InChI=1S/C10H14N2O4/c1-5-3-12(10(14)11-9(5)13)8-2-6-7(16-8)4-15-6/h5-8H,2-4H2,1H3,(H,11,13,14)/t5-,6+,7-,8-/m0/s1. The monoisotopic (exact) mass is 226 g/mol. The van der Waals surface area contributed by atoms with Crippen LogP contribution in [0.15, 0.2) is 0 Å². The summed E-state index contributed by atoms with van der Waals surface area (Å²) >= 11 is 0. The highest BCUT2D eigenvalue weighted by atomic mass is 16.6. The van der Waals surface area contributed by atoms with Gasteiger partial charge < -0.3 is 9.47 Å². The third kappa shape index (κ3) is 1.41. The predicted octanol–water partition coefficient (Wildman–Crippen LogP) is -0.312. The second-order valence-corrected chi connectivity index (χ2v) is 4.58. The van der Waals surface area contributed by atoms with Gasteiger partial charge in [-0.05, 0) is 0 Å². The second-order valence-electron chi connectivity index (χ2n) is 4.58. The van der Waals surface area contributed by atoms with Crippen molar-refractivity contribution in [2.45, 2.75) is 31.8 Å². The topological polar surface area (TPSA) is 67.9 Å². The van der Waals surface area contributed by atoms with Crippen molar-refractivity contribution in [2.24, 2.45) is 5.92 Å². The first-order valence-corrected chi connectivity index (χ1v) is 5.53. The van der Waals surface area contributed by atoms with Crippen LogP contribution in [-0.2, 0) is 14.3 Å². The molecule has 3 saturated heterocycles. The first kappa shape index (κ1) is 10.0. The summed E-state index contributed by atoms with van der Waals surface area (Å²) in [4.78, 5) is 24.5. The van der Waals surface area contributed by atoms with E-state index in [0.29, 0.717) is 19.6 Å². The van der Waals surface area contributed by atoms with Gasteiger partial charge >= 0.3 is 6.03 Å². The molecule has 3 fully saturated rings. The van der Waals surface area contributed by atoms with Gasteiger partial charge in [0.1, 0.15) is 12.3 Å². The first-order chi connectivity index (χ1) is 7.65. The smallest absolute Gasteiger partial charge is 0.326 e. The Hall–Kier alpha value is -1.14.